The first-order valence-electron chi connectivity index (χ1n) is 6.71. The van der Waals surface area contributed by atoms with Gasteiger partial charge in [-0.3, -0.25) is 4.79 Å². The SMILES string of the molecule is COc1cc2c(cc1OC)/C(=C\c1ccccc1O)C(=O)N2. The molecule has 2 aromatic rings. The van der Waals surface area contributed by atoms with Crippen molar-refractivity contribution < 1.29 is 19.4 Å². The summed E-state index contributed by atoms with van der Waals surface area (Å²) in [5, 5.41) is 12.7. The van der Waals surface area contributed by atoms with E-state index in [2.05, 4.69) is 5.32 Å². The number of carbonyl (C=O) groups excluding carboxylic acids is 1. The van der Waals surface area contributed by atoms with Crippen LogP contribution in [0.5, 0.6) is 17.2 Å². The third-order valence-electron chi connectivity index (χ3n) is 3.54. The summed E-state index contributed by atoms with van der Waals surface area (Å²) in [6.07, 6.45) is 1.66. The highest BCUT2D eigenvalue weighted by Crippen LogP contribution is 2.41. The Labute approximate surface area is 127 Å². The van der Waals surface area contributed by atoms with Crippen LogP contribution in [-0.2, 0) is 4.79 Å². The van der Waals surface area contributed by atoms with Gasteiger partial charge in [0.05, 0.1) is 19.9 Å². The van der Waals surface area contributed by atoms with Crippen LogP contribution in [0.15, 0.2) is 36.4 Å². The number of para-hydroxylation sites is 1. The molecule has 0 radical (unpaired) electrons. The van der Waals surface area contributed by atoms with E-state index in [1.807, 2.05) is 0 Å². The smallest absolute Gasteiger partial charge is 0.256 e. The third-order valence-corrected chi connectivity index (χ3v) is 3.54. The molecule has 112 valence electrons. The average molecular weight is 297 g/mol. The lowest BCUT2D eigenvalue weighted by molar-refractivity contribution is -0.110. The Morgan fingerprint density at radius 3 is 2.45 bits per heavy atom. The van der Waals surface area contributed by atoms with Crippen LogP contribution in [0.1, 0.15) is 11.1 Å². The van der Waals surface area contributed by atoms with Crippen LogP contribution < -0.4 is 14.8 Å². The zero-order chi connectivity index (χ0) is 15.7. The Bertz CT molecular complexity index is 780. The van der Waals surface area contributed by atoms with E-state index in [9.17, 15) is 9.90 Å². The molecule has 0 aliphatic carbocycles. The molecule has 1 heterocycles. The van der Waals surface area contributed by atoms with Crippen molar-refractivity contribution in [2.75, 3.05) is 19.5 Å². The zero-order valence-corrected chi connectivity index (χ0v) is 12.2. The minimum Gasteiger partial charge on any atom is -0.507 e. The molecular formula is C17H15NO4. The molecule has 0 fully saturated rings. The Morgan fingerprint density at radius 2 is 1.77 bits per heavy atom. The number of hydrogen-bond acceptors (Lipinski definition) is 4. The number of benzene rings is 2. The second-order valence-corrected chi connectivity index (χ2v) is 4.82. The summed E-state index contributed by atoms with van der Waals surface area (Å²) in [5.74, 6) is 0.983. The maximum absolute atomic E-state index is 12.2. The molecule has 0 unspecified atom stereocenters. The van der Waals surface area contributed by atoms with Gasteiger partial charge < -0.3 is 19.9 Å². The highest BCUT2D eigenvalue weighted by Gasteiger charge is 2.26. The van der Waals surface area contributed by atoms with Gasteiger partial charge in [-0.05, 0) is 18.2 Å². The maximum atomic E-state index is 12.2. The Kier molecular flexibility index (Phi) is 3.47. The van der Waals surface area contributed by atoms with Gasteiger partial charge in [-0.2, -0.15) is 0 Å². The Balaban J connectivity index is 2.14. The molecule has 0 aromatic heterocycles. The highest BCUT2D eigenvalue weighted by atomic mass is 16.5. The molecule has 0 spiro atoms. The largest absolute Gasteiger partial charge is 0.507 e. The fourth-order valence-corrected chi connectivity index (χ4v) is 2.43. The van der Waals surface area contributed by atoms with E-state index in [0.29, 0.717) is 33.9 Å². The van der Waals surface area contributed by atoms with E-state index in [0.717, 1.165) is 0 Å². The number of fused-ring (bicyclic) bond motifs is 1. The van der Waals surface area contributed by atoms with E-state index in [1.165, 1.54) is 0 Å². The second-order valence-electron chi connectivity index (χ2n) is 4.82. The predicted octanol–water partition coefficient (Wildman–Crippen LogP) is 2.90. The molecule has 0 bridgehead atoms. The van der Waals surface area contributed by atoms with Crippen molar-refractivity contribution in [1.29, 1.82) is 0 Å². The summed E-state index contributed by atoms with van der Waals surface area (Å²) in [6.45, 7) is 0. The van der Waals surface area contributed by atoms with Crippen LogP contribution in [0.3, 0.4) is 0 Å². The van der Waals surface area contributed by atoms with Gasteiger partial charge >= 0.3 is 0 Å². The Morgan fingerprint density at radius 1 is 1.09 bits per heavy atom. The van der Waals surface area contributed by atoms with Crippen molar-refractivity contribution in [3.05, 3.63) is 47.5 Å². The van der Waals surface area contributed by atoms with Crippen LogP contribution in [0.25, 0.3) is 11.6 Å². The minimum atomic E-state index is -0.228. The molecular weight excluding hydrogens is 282 g/mol. The number of hydrogen-bond donors (Lipinski definition) is 2. The summed E-state index contributed by atoms with van der Waals surface area (Å²) in [7, 11) is 3.08. The van der Waals surface area contributed by atoms with Crippen molar-refractivity contribution in [3.63, 3.8) is 0 Å². The number of anilines is 1. The molecule has 1 amide bonds. The topological polar surface area (TPSA) is 67.8 Å². The van der Waals surface area contributed by atoms with Gasteiger partial charge in [-0.15, -0.1) is 0 Å². The first kappa shape index (κ1) is 14.0. The molecule has 0 saturated carbocycles. The van der Waals surface area contributed by atoms with Crippen LogP contribution >= 0.6 is 0 Å². The second kappa shape index (κ2) is 5.44. The van der Waals surface area contributed by atoms with E-state index in [-0.39, 0.29) is 11.7 Å². The lowest BCUT2D eigenvalue weighted by Gasteiger charge is -2.09. The number of ether oxygens (including phenoxy) is 2. The van der Waals surface area contributed by atoms with E-state index in [1.54, 1.807) is 56.7 Å². The van der Waals surface area contributed by atoms with Gasteiger partial charge in [0, 0.05) is 22.8 Å². The number of aromatic hydroxyl groups is 1. The summed E-state index contributed by atoms with van der Waals surface area (Å²) in [5.41, 5.74) is 2.42. The normalized spacial score (nSPS) is 14.6. The first-order chi connectivity index (χ1) is 10.6. The molecule has 2 aromatic carbocycles. The van der Waals surface area contributed by atoms with Crippen LogP contribution in [0.2, 0.25) is 0 Å². The predicted molar refractivity (Wildman–Crippen MR) is 84.2 cm³/mol. The summed E-state index contributed by atoms with van der Waals surface area (Å²) in [4.78, 5) is 12.2. The standard InChI is InChI=1S/C17H15NO4/c1-21-15-8-11-12(7-10-5-3-4-6-14(10)19)17(20)18-13(11)9-16(15)22-2/h3-9,19H,1-2H3,(H,18,20)/b12-7+. The fourth-order valence-electron chi connectivity index (χ4n) is 2.43. The molecule has 22 heavy (non-hydrogen) atoms. The van der Waals surface area contributed by atoms with Gasteiger partial charge in [-0.25, -0.2) is 0 Å². The lowest BCUT2D eigenvalue weighted by atomic mass is 10.0. The quantitative estimate of drug-likeness (QED) is 0.855. The monoisotopic (exact) mass is 297 g/mol. The van der Waals surface area contributed by atoms with Gasteiger partial charge in [0.1, 0.15) is 5.75 Å². The molecule has 0 saturated heterocycles. The molecule has 0 atom stereocenters. The van der Waals surface area contributed by atoms with Gasteiger partial charge in [-0.1, -0.05) is 18.2 Å². The van der Waals surface area contributed by atoms with Gasteiger partial charge in [0.2, 0.25) is 0 Å². The van der Waals surface area contributed by atoms with E-state index in [4.69, 9.17) is 9.47 Å². The Hall–Kier alpha value is -2.95. The number of phenolic OH excluding ortho intramolecular Hbond substituents is 1. The van der Waals surface area contributed by atoms with Crippen LogP contribution in [0.4, 0.5) is 5.69 Å². The van der Waals surface area contributed by atoms with Crippen molar-refractivity contribution in [3.8, 4) is 17.2 Å². The number of carbonyl (C=O) groups is 1. The first-order valence-corrected chi connectivity index (χ1v) is 6.71. The molecule has 1 aliphatic heterocycles. The summed E-state index contributed by atoms with van der Waals surface area (Å²) >= 11 is 0. The number of rotatable bonds is 3. The summed E-state index contributed by atoms with van der Waals surface area (Å²) < 4.78 is 10.5. The van der Waals surface area contributed by atoms with Crippen molar-refractivity contribution in [2.45, 2.75) is 0 Å². The number of amides is 1. The van der Waals surface area contributed by atoms with Crippen LogP contribution in [0, 0.1) is 0 Å². The average Bonchev–Trinajstić information content (AvgIpc) is 2.83. The maximum Gasteiger partial charge on any atom is 0.256 e. The number of nitrogens with one attached hydrogen (secondary N) is 1. The zero-order valence-electron chi connectivity index (χ0n) is 12.2. The summed E-state index contributed by atoms with van der Waals surface area (Å²) in [6, 6.07) is 10.3. The van der Waals surface area contributed by atoms with Gasteiger partial charge in [0.25, 0.3) is 5.91 Å². The number of phenols is 1. The van der Waals surface area contributed by atoms with Crippen molar-refractivity contribution in [1.82, 2.24) is 0 Å². The molecule has 3 rings (SSSR count). The van der Waals surface area contributed by atoms with Gasteiger partial charge in [0.15, 0.2) is 11.5 Å². The van der Waals surface area contributed by atoms with E-state index < -0.39 is 0 Å². The van der Waals surface area contributed by atoms with Crippen molar-refractivity contribution in [2.24, 2.45) is 0 Å². The van der Waals surface area contributed by atoms with Crippen molar-refractivity contribution >= 4 is 23.2 Å². The molecule has 5 heteroatoms. The molecule has 5 nitrogen and oxygen atoms in total. The van der Waals surface area contributed by atoms with Crippen LogP contribution in [-0.4, -0.2) is 25.2 Å². The highest BCUT2D eigenvalue weighted by molar-refractivity contribution is 6.35. The molecule has 2 N–H and O–H groups in total. The molecule has 1 aliphatic rings. The number of methoxy groups -OCH3 is 2. The van der Waals surface area contributed by atoms with E-state index >= 15 is 0 Å². The minimum absolute atomic E-state index is 0.122. The lowest BCUT2D eigenvalue weighted by Crippen LogP contribution is -2.03. The fraction of sp³-hybridized carbons (Fsp3) is 0.118. The third kappa shape index (κ3) is 2.26.